The van der Waals surface area contributed by atoms with Gasteiger partial charge >= 0.3 is 0 Å². The zero-order valence-corrected chi connectivity index (χ0v) is 22.3. The van der Waals surface area contributed by atoms with Crippen molar-refractivity contribution in [3.05, 3.63) is 142 Å². The van der Waals surface area contributed by atoms with Gasteiger partial charge in [-0.1, -0.05) is 92.3 Å². The summed E-state index contributed by atoms with van der Waals surface area (Å²) in [5.41, 5.74) is 7.45. The average molecular weight is 590 g/mol. The van der Waals surface area contributed by atoms with Crippen LogP contribution in [0.1, 0.15) is 35.7 Å². The minimum Gasteiger partial charge on any atom is -0.449 e. The van der Waals surface area contributed by atoms with E-state index >= 15 is 0 Å². The normalized spacial score (nSPS) is 16.0. The van der Waals surface area contributed by atoms with Crippen LogP contribution in [0, 0.1) is 12.2 Å². The maximum absolute atomic E-state index is 5.06. The van der Waals surface area contributed by atoms with Crippen LogP contribution >= 0.6 is 0 Å². The number of hydrogen-bond donors (Lipinski definition) is 1. The van der Waals surface area contributed by atoms with E-state index in [0.717, 1.165) is 55.3 Å². The zero-order chi connectivity index (χ0) is 26.2. The second-order valence-corrected chi connectivity index (χ2v) is 9.99. The van der Waals surface area contributed by atoms with Gasteiger partial charge in [0.15, 0.2) is 0 Å². The Morgan fingerprint density at radius 2 is 1.19 bits per heavy atom. The zero-order valence-electron chi connectivity index (χ0n) is 21.4. The van der Waals surface area contributed by atoms with Crippen LogP contribution in [-0.2, 0) is 17.1 Å². The molecule has 0 spiro atoms. The topological polar surface area (TPSA) is 77.3 Å². The smallest absolute Gasteiger partial charge is 0.0161 e. The van der Waals surface area contributed by atoms with Crippen molar-refractivity contribution in [1.82, 2.24) is 9.97 Å². The first-order valence-electron chi connectivity index (χ1n) is 13.2. The van der Waals surface area contributed by atoms with Crippen LogP contribution in [-0.4, -0.2) is 5.71 Å². The van der Waals surface area contributed by atoms with E-state index in [2.05, 4.69) is 47.8 Å². The van der Waals surface area contributed by atoms with Crippen molar-refractivity contribution in [3.63, 3.8) is 0 Å². The van der Waals surface area contributed by atoms with Gasteiger partial charge in [-0.05, 0) is 21.5 Å². The fourth-order valence-electron chi connectivity index (χ4n) is 5.81. The van der Waals surface area contributed by atoms with E-state index in [9.17, 15) is 0 Å². The van der Waals surface area contributed by atoms with E-state index in [-0.39, 0.29) is 30.5 Å². The van der Waals surface area contributed by atoms with Crippen molar-refractivity contribution in [2.45, 2.75) is 13.5 Å². The molecular weight excluding hydrogens is 568 g/mol. The van der Waals surface area contributed by atoms with E-state index < -0.39 is 0 Å². The second kappa shape index (κ2) is 9.84. The van der Waals surface area contributed by atoms with Crippen LogP contribution in [0.25, 0.3) is 32.9 Å². The van der Waals surface area contributed by atoms with Gasteiger partial charge in [-0.15, -0.1) is 35.2 Å². The largest absolute Gasteiger partial charge is 0.449 e. The molecule has 0 fully saturated rings. The molecule has 8 bridgehead atoms. The molecule has 1 atom stereocenters. The average Bonchev–Trinajstić information content (AvgIpc) is 3.73. The first-order valence-corrected chi connectivity index (χ1v) is 13.2. The van der Waals surface area contributed by atoms with Crippen LogP contribution < -0.4 is 26.3 Å². The van der Waals surface area contributed by atoms with Gasteiger partial charge in [-0.3, -0.25) is 6.08 Å². The number of aromatic nitrogens is 2. The van der Waals surface area contributed by atoms with Crippen molar-refractivity contribution in [2.75, 3.05) is 5.32 Å². The fourth-order valence-corrected chi connectivity index (χ4v) is 5.81. The monoisotopic (exact) mass is 589 g/mol. The van der Waals surface area contributed by atoms with Gasteiger partial charge in [0, 0.05) is 39.7 Å². The van der Waals surface area contributed by atoms with Gasteiger partial charge in [-0.25, -0.2) is 0 Å². The van der Waals surface area contributed by atoms with Crippen molar-refractivity contribution in [1.29, 1.82) is 0 Å². The van der Waals surface area contributed by atoms with E-state index in [0.29, 0.717) is 28.2 Å². The van der Waals surface area contributed by atoms with E-state index in [1.54, 1.807) is 0 Å². The predicted molar refractivity (Wildman–Crippen MR) is 162 cm³/mol. The number of benzene rings is 4. The molecule has 6 aromatic rings. The summed E-state index contributed by atoms with van der Waals surface area (Å²) in [5.74, 6) is 1.40. The minimum absolute atomic E-state index is 0. The number of fused-ring (bicyclic) bond motifs is 18. The maximum Gasteiger partial charge on any atom is 0.0161 e. The molecule has 0 saturated carbocycles. The molecule has 2 aromatic heterocycles. The third-order valence-electron chi connectivity index (χ3n) is 7.68. The van der Waals surface area contributed by atoms with E-state index in [4.69, 9.17) is 24.9 Å². The second-order valence-electron chi connectivity index (χ2n) is 9.99. The molecule has 207 valence electrons. The van der Waals surface area contributed by atoms with Crippen molar-refractivity contribution < 1.29 is 17.1 Å². The Morgan fingerprint density at radius 1 is 0.595 bits per heavy atom. The summed E-state index contributed by atoms with van der Waals surface area (Å²) in [6.45, 7) is 0. The molecular formula is C35H22CuN6-4. The SMILES string of the molecule is C.[C-]1=C2N=c3[n-]c(c4ccccc34)=NC3=[C-]C(Nc4[n-]c(c5ccccc45)N=C1c1ccccc12)c1ccccc13.[Cu]. The third-order valence-corrected chi connectivity index (χ3v) is 7.68. The first-order chi connectivity index (χ1) is 19.8. The Morgan fingerprint density at radius 3 is 1.95 bits per heavy atom. The molecule has 4 aromatic carbocycles. The Kier molecular flexibility index (Phi) is 6.08. The molecule has 2 aliphatic carbocycles. The summed E-state index contributed by atoms with van der Waals surface area (Å²) >= 11 is 0. The van der Waals surface area contributed by atoms with Crippen LogP contribution in [0.4, 0.5) is 11.6 Å². The summed E-state index contributed by atoms with van der Waals surface area (Å²) in [5, 5.41) is 7.50. The summed E-state index contributed by atoms with van der Waals surface area (Å²) in [6.07, 6.45) is 7.05. The number of aliphatic imine (C=N–C) groups is 1. The van der Waals surface area contributed by atoms with Gasteiger partial charge in [0.2, 0.25) is 0 Å². The van der Waals surface area contributed by atoms with Crippen LogP contribution in [0.5, 0.6) is 0 Å². The van der Waals surface area contributed by atoms with Gasteiger partial charge < -0.3 is 30.3 Å². The summed E-state index contributed by atoms with van der Waals surface area (Å²) in [7, 11) is 0. The van der Waals surface area contributed by atoms with E-state index in [1.807, 2.05) is 66.7 Å². The maximum atomic E-state index is 5.06. The number of anilines is 1. The summed E-state index contributed by atoms with van der Waals surface area (Å²) in [6, 6.07) is 32.4. The Hall–Kier alpha value is -4.97. The number of nitrogens with one attached hydrogen (secondary N) is 1. The molecule has 42 heavy (non-hydrogen) atoms. The van der Waals surface area contributed by atoms with Gasteiger partial charge in [0.05, 0.1) is 0 Å². The van der Waals surface area contributed by atoms with Gasteiger partial charge in [0.1, 0.15) is 0 Å². The molecule has 9 rings (SSSR count). The molecule has 1 unspecified atom stereocenters. The number of nitrogens with zero attached hydrogens (tertiary/aromatic N) is 5. The van der Waals surface area contributed by atoms with Gasteiger partial charge in [0.25, 0.3) is 0 Å². The molecule has 0 amide bonds. The van der Waals surface area contributed by atoms with Gasteiger partial charge in [-0.2, -0.15) is 28.5 Å². The van der Waals surface area contributed by atoms with Crippen LogP contribution in [0.3, 0.4) is 0 Å². The van der Waals surface area contributed by atoms with Crippen LogP contribution in [0.2, 0.25) is 0 Å². The molecule has 1 aliphatic heterocycles. The fraction of sp³-hybridized carbons (Fsp3) is 0.0571. The standard InChI is InChI=1S/C34H18N6.CH4.Cu/c1-2-10-20-19(9-1)27-17-28(20)36-32-25-15-7-8-16-26(25)34(40-32)38-30-18-29(21-11-3-4-12-22(21)30)37-33-24-14-6-5-13-23(24)31(35-27)39-33;;/h1-16,27,35H;1H4;/q-4;;. The Bertz CT molecular complexity index is 2270. The number of allylic oxidation sites excluding steroid dienone is 1. The number of rotatable bonds is 0. The van der Waals surface area contributed by atoms with Crippen molar-refractivity contribution >= 4 is 50.3 Å². The summed E-state index contributed by atoms with van der Waals surface area (Å²) < 4.78 is 0. The van der Waals surface area contributed by atoms with Crippen LogP contribution in [0.15, 0.2) is 112 Å². The minimum atomic E-state index is -0.225. The predicted octanol–water partition coefficient (Wildman–Crippen LogP) is 6.08. The third kappa shape index (κ3) is 3.82. The Balaban J connectivity index is 0.00000144. The molecule has 6 nitrogen and oxygen atoms in total. The Labute approximate surface area is 252 Å². The van der Waals surface area contributed by atoms with Crippen molar-refractivity contribution in [3.8, 4) is 0 Å². The van der Waals surface area contributed by atoms with E-state index in [1.165, 1.54) is 0 Å². The van der Waals surface area contributed by atoms with Crippen molar-refractivity contribution in [2.24, 2.45) is 15.0 Å². The molecule has 3 heterocycles. The molecule has 3 aliphatic rings. The number of hydrogen-bond acceptors (Lipinski definition) is 4. The molecule has 0 saturated heterocycles. The first kappa shape index (κ1) is 26.0. The quantitative estimate of drug-likeness (QED) is 0.172. The summed E-state index contributed by atoms with van der Waals surface area (Å²) in [4.78, 5) is 25.0. The molecule has 1 radical (unpaired) electrons. The molecule has 1 N–H and O–H groups in total. The molecule has 7 heteroatoms.